The van der Waals surface area contributed by atoms with Gasteiger partial charge in [0.25, 0.3) is 5.69 Å². The Kier molecular flexibility index (Phi) is 9.00. The standard InChI is InChI=1S/C25H36N4O4/c1-19(2)9-14-26-25(31)21-10-15-27(16-11-21)22-12-17-28(18-13-22)24(30)8-5-20-3-6-23(7-4-20)29(32)33/h3-8,19,21-22H,9-18H2,1-2H3,(H,26,31)/b8-5+. The molecule has 0 spiro atoms. The van der Waals surface area contributed by atoms with E-state index in [4.69, 9.17) is 0 Å². The summed E-state index contributed by atoms with van der Waals surface area (Å²) in [5.41, 5.74) is 0.802. The Labute approximate surface area is 196 Å². The first-order valence-electron chi connectivity index (χ1n) is 12.1. The van der Waals surface area contributed by atoms with Crippen LogP contribution in [0, 0.1) is 22.0 Å². The third kappa shape index (κ3) is 7.39. The van der Waals surface area contributed by atoms with Crippen molar-refractivity contribution in [2.75, 3.05) is 32.7 Å². The van der Waals surface area contributed by atoms with Gasteiger partial charge in [-0.3, -0.25) is 19.7 Å². The van der Waals surface area contributed by atoms with Crippen molar-refractivity contribution in [2.24, 2.45) is 11.8 Å². The van der Waals surface area contributed by atoms with Crippen molar-refractivity contribution < 1.29 is 14.5 Å². The van der Waals surface area contributed by atoms with E-state index in [-0.39, 0.29) is 23.4 Å². The second kappa shape index (κ2) is 11.9. The van der Waals surface area contributed by atoms with Crippen molar-refractivity contribution in [1.82, 2.24) is 15.1 Å². The molecular weight excluding hydrogens is 420 g/mol. The maximum absolute atomic E-state index is 12.5. The van der Waals surface area contributed by atoms with Crippen LogP contribution < -0.4 is 5.32 Å². The van der Waals surface area contributed by atoms with Gasteiger partial charge in [0, 0.05) is 49.8 Å². The lowest BCUT2D eigenvalue weighted by molar-refractivity contribution is -0.384. The molecule has 8 nitrogen and oxygen atoms in total. The van der Waals surface area contributed by atoms with Crippen LogP contribution in [-0.4, -0.2) is 65.3 Å². The highest BCUT2D eigenvalue weighted by atomic mass is 16.6. The molecule has 2 amide bonds. The number of rotatable bonds is 8. The van der Waals surface area contributed by atoms with Gasteiger partial charge in [0.05, 0.1) is 4.92 Å². The molecule has 2 aliphatic heterocycles. The zero-order chi connectivity index (χ0) is 23.8. The zero-order valence-corrected chi connectivity index (χ0v) is 19.7. The first-order chi connectivity index (χ1) is 15.8. The molecular formula is C25H36N4O4. The van der Waals surface area contributed by atoms with Crippen molar-refractivity contribution >= 4 is 23.6 Å². The van der Waals surface area contributed by atoms with Crippen molar-refractivity contribution in [3.8, 4) is 0 Å². The van der Waals surface area contributed by atoms with Crippen LogP contribution in [0.3, 0.4) is 0 Å². The highest BCUT2D eigenvalue weighted by Crippen LogP contribution is 2.24. The van der Waals surface area contributed by atoms with Gasteiger partial charge >= 0.3 is 0 Å². The quantitative estimate of drug-likeness (QED) is 0.367. The molecule has 33 heavy (non-hydrogen) atoms. The Morgan fingerprint density at radius 3 is 2.30 bits per heavy atom. The van der Waals surface area contributed by atoms with Crippen molar-refractivity contribution in [3.05, 3.63) is 46.0 Å². The van der Waals surface area contributed by atoms with Crippen LogP contribution in [0.4, 0.5) is 5.69 Å². The Morgan fingerprint density at radius 1 is 1.09 bits per heavy atom. The van der Waals surface area contributed by atoms with Gasteiger partial charge in [0.15, 0.2) is 0 Å². The Morgan fingerprint density at radius 2 is 1.73 bits per heavy atom. The lowest BCUT2D eigenvalue weighted by Gasteiger charge is -2.41. The Balaban J connectivity index is 1.38. The maximum Gasteiger partial charge on any atom is 0.269 e. The van der Waals surface area contributed by atoms with Gasteiger partial charge < -0.3 is 15.1 Å². The van der Waals surface area contributed by atoms with Gasteiger partial charge in [-0.25, -0.2) is 0 Å². The normalized spacial score (nSPS) is 18.7. The van der Waals surface area contributed by atoms with Gasteiger partial charge in [-0.05, 0) is 74.9 Å². The number of carbonyl (C=O) groups is 2. The number of carbonyl (C=O) groups excluding carboxylic acids is 2. The first kappa shape index (κ1) is 24.9. The largest absolute Gasteiger partial charge is 0.356 e. The minimum absolute atomic E-state index is 0.0245. The number of likely N-dealkylation sites (tertiary alicyclic amines) is 2. The summed E-state index contributed by atoms with van der Waals surface area (Å²) in [6.07, 6.45) is 7.98. The number of non-ortho nitro benzene ring substituents is 1. The van der Waals surface area contributed by atoms with Crippen LogP contribution in [0.25, 0.3) is 6.08 Å². The third-order valence-corrected chi connectivity index (χ3v) is 6.74. The Bertz CT molecular complexity index is 836. The molecule has 1 aromatic rings. The number of amides is 2. The van der Waals surface area contributed by atoms with Gasteiger partial charge in [-0.2, -0.15) is 0 Å². The highest BCUT2D eigenvalue weighted by molar-refractivity contribution is 5.91. The van der Waals surface area contributed by atoms with Gasteiger partial charge in [-0.1, -0.05) is 13.8 Å². The predicted molar refractivity (Wildman–Crippen MR) is 128 cm³/mol. The minimum Gasteiger partial charge on any atom is -0.356 e. The van der Waals surface area contributed by atoms with Crippen LogP contribution in [0.15, 0.2) is 30.3 Å². The van der Waals surface area contributed by atoms with E-state index in [9.17, 15) is 19.7 Å². The highest BCUT2D eigenvalue weighted by Gasteiger charge is 2.31. The summed E-state index contributed by atoms with van der Waals surface area (Å²) in [6, 6.07) is 6.63. The lowest BCUT2D eigenvalue weighted by atomic mass is 9.92. The molecule has 1 N–H and O–H groups in total. The summed E-state index contributed by atoms with van der Waals surface area (Å²) in [4.78, 5) is 39.6. The van der Waals surface area contributed by atoms with E-state index in [1.54, 1.807) is 24.3 Å². The molecule has 1 aromatic carbocycles. The molecule has 0 aliphatic carbocycles. The van der Waals surface area contributed by atoms with E-state index in [0.717, 1.165) is 70.4 Å². The SMILES string of the molecule is CC(C)CCNC(=O)C1CCN(C2CCN(C(=O)/C=C/c3ccc([N+](=O)[O-])cc3)CC2)CC1. The summed E-state index contributed by atoms with van der Waals surface area (Å²) >= 11 is 0. The van der Waals surface area contributed by atoms with Crippen LogP contribution >= 0.6 is 0 Å². The van der Waals surface area contributed by atoms with Crippen LogP contribution in [0.2, 0.25) is 0 Å². The van der Waals surface area contributed by atoms with E-state index < -0.39 is 4.92 Å². The van der Waals surface area contributed by atoms with Crippen LogP contribution in [0.5, 0.6) is 0 Å². The number of nitrogens with zero attached hydrogens (tertiary/aromatic N) is 3. The fourth-order valence-corrected chi connectivity index (χ4v) is 4.59. The number of hydrogen-bond donors (Lipinski definition) is 1. The molecule has 0 radical (unpaired) electrons. The smallest absolute Gasteiger partial charge is 0.269 e. The molecule has 0 unspecified atom stereocenters. The van der Waals surface area contributed by atoms with Crippen molar-refractivity contribution in [2.45, 2.75) is 52.0 Å². The number of nitro groups is 1. The second-order valence-electron chi connectivity index (χ2n) is 9.52. The predicted octanol–water partition coefficient (Wildman–Crippen LogP) is 3.47. The molecule has 3 rings (SSSR count). The average Bonchev–Trinajstić information content (AvgIpc) is 2.82. The number of nitro benzene ring substituents is 1. The summed E-state index contributed by atoms with van der Waals surface area (Å²) in [6.45, 7) is 8.44. The van der Waals surface area contributed by atoms with E-state index in [2.05, 4.69) is 24.1 Å². The maximum atomic E-state index is 12.5. The summed E-state index contributed by atoms with van der Waals surface area (Å²) < 4.78 is 0. The molecule has 0 atom stereocenters. The first-order valence-corrected chi connectivity index (χ1v) is 12.1. The van der Waals surface area contributed by atoms with Crippen molar-refractivity contribution in [3.63, 3.8) is 0 Å². The summed E-state index contributed by atoms with van der Waals surface area (Å²) in [5.74, 6) is 0.904. The Hall–Kier alpha value is -2.74. The molecule has 2 aliphatic rings. The van der Waals surface area contributed by atoms with Gasteiger partial charge in [0.2, 0.25) is 11.8 Å². The van der Waals surface area contributed by atoms with Crippen LogP contribution in [0.1, 0.15) is 51.5 Å². The minimum atomic E-state index is -0.436. The van der Waals surface area contributed by atoms with Crippen LogP contribution in [-0.2, 0) is 9.59 Å². The molecule has 0 bridgehead atoms. The molecule has 0 aromatic heterocycles. The number of piperidine rings is 2. The van der Waals surface area contributed by atoms with E-state index in [0.29, 0.717) is 12.0 Å². The summed E-state index contributed by atoms with van der Waals surface area (Å²) in [7, 11) is 0. The summed E-state index contributed by atoms with van der Waals surface area (Å²) in [5, 5.41) is 13.8. The molecule has 2 fully saturated rings. The molecule has 2 heterocycles. The third-order valence-electron chi connectivity index (χ3n) is 6.74. The molecule has 180 valence electrons. The fourth-order valence-electron chi connectivity index (χ4n) is 4.59. The number of hydrogen-bond acceptors (Lipinski definition) is 5. The van der Waals surface area contributed by atoms with Crippen molar-refractivity contribution in [1.29, 1.82) is 0 Å². The van der Waals surface area contributed by atoms with E-state index in [1.807, 2.05) is 4.90 Å². The lowest BCUT2D eigenvalue weighted by Crippen LogP contribution is -2.50. The van der Waals surface area contributed by atoms with Gasteiger partial charge in [0.1, 0.15) is 0 Å². The average molecular weight is 457 g/mol. The second-order valence-corrected chi connectivity index (χ2v) is 9.52. The van der Waals surface area contributed by atoms with E-state index in [1.165, 1.54) is 12.1 Å². The topological polar surface area (TPSA) is 95.8 Å². The van der Waals surface area contributed by atoms with Gasteiger partial charge in [-0.15, -0.1) is 0 Å². The molecule has 0 saturated carbocycles. The fraction of sp³-hybridized carbons (Fsp3) is 0.600. The monoisotopic (exact) mass is 456 g/mol. The number of benzene rings is 1. The zero-order valence-electron chi connectivity index (χ0n) is 19.7. The molecule has 8 heteroatoms. The van der Waals surface area contributed by atoms with E-state index >= 15 is 0 Å². The number of nitrogens with one attached hydrogen (secondary N) is 1. The molecule has 2 saturated heterocycles.